The third kappa shape index (κ3) is 3.80. The van der Waals surface area contributed by atoms with Gasteiger partial charge < -0.3 is 15.4 Å². The zero-order valence-corrected chi connectivity index (χ0v) is 14.5. The number of carbonyl (C=O) groups excluding carboxylic acids is 2. The molecule has 0 saturated carbocycles. The summed E-state index contributed by atoms with van der Waals surface area (Å²) in [5, 5.41) is 2.51. The number of amides is 2. The molecule has 134 valence electrons. The second-order valence-electron chi connectivity index (χ2n) is 5.97. The summed E-state index contributed by atoms with van der Waals surface area (Å²) in [7, 11) is 3.26. The molecule has 0 bridgehead atoms. The number of rotatable bonds is 3. The Hall–Kier alpha value is -3.42. The lowest BCUT2D eigenvalue weighted by atomic mass is 10.1. The first kappa shape index (κ1) is 17.4. The van der Waals surface area contributed by atoms with Crippen LogP contribution >= 0.6 is 0 Å². The molecule has 0 unspecified atom stereocenters. The van der Waals surface area contributed by atoms with Gasteiger partial charge in [0.15, 0.2) is 0 Å². The summed E-state index contributed by atoms with van der Waals surface area (Å²) in [6.45, 7) is 0.661. The third-order valence-corrected chi connectivity index (χ3v) is 3.82. The van der Waals surface area contributed by atoms with Crippen LogP contribution in [0.5, 0.6) is 5.75 Å². The number of hydrogen-bond acceptors (Lipinski definition) is 5. The number of guanidine groups is 1. The van der Waals surface area contributed by atoms with Gasteiger partial charge in [-0.25, -0.2) is 4.99 Å². The van der Waals surface area contributed by atoms with Crippen molar-refractivity contribution in [3.63, 3.8) is 0 Å². The summed E-state index contributed by atoms with van der Waals surface area (Å²) >= 11 is 0. The molecule has 1 aliphatic rings. The van der Waals surface area contributed by atoms with E-state index in [1.165, 1.54) is 23.2 Å². The van der Waals surface area contributed by atoms with Crippen LogP contribution in [0.3, 0.4) is 0 Å². The van der Waals surface area contributed by atoms with Crippen LogP contribution in [0, 0.1) is 0 Å². The first-order valence-corrected chi connectivity index (χ1v) is 8.03. The van der Waals surface area contributed by atoms with E-state index in [0.717, 1.165) is 17.7 Å². The fourth-order valence-electron chi connectivity index (χ4n) is 2.48. The van der Waals surface area contributed by atoms with Crippen molar-refractivity contribution in [2.75, 3.05) is 20.7 Å². The van der Waals surface area contributed by atoms with Crippen molar-refractivity contribution in [2.24, 2.45) is 10.7 Å². The summed E-state index contributed by atoms with van der Waals surface area (Å²) in [5.41, 5.74) is 8.05. The molecule has 0 radical (unpaired) electrons. The van der Waals surface area contributed by atoms with Crippen molar-refractivity contribution in [3.8, 4) is 5.75 Å². The molecular formula is C18H19N5O3. The largest absolute Gasteiger partial charge is 0.493 e. The van der Waals surface area contributed by atoms with Crippen molar-refractivity contribution in [2.45, 2.75) is 6.42 Å². The Labute approximate surface area is 150 Å². The Morgan fingerprint density at radius 1 is 1.27 bits per heavy atom. The maximum Gasteiger partial charge on any atom is 0.271 e. The third-order valence-electron chi connectivity index (χ3n) is 3.82. The Kier molecular flexibility index (Phi) is 4.83. The minimum Gasteiger partial charge on any atom is -0.493 e. The molecule has 1 aliphatic heterocycles. The van der Waals surface area contributed by atoms with Crippen LogP contribution in [-0.2, 0) is 6.42 Å². The molecule has 8 nitrogen and oxygen atoms in total. The number of fused-ring (bicyclic) bond motifs is 1. The van der Waals surface area contributed by atoms with E-state index < -0.39 is 5.91 Å². The SMILES string of the molecule is CN(C)C(=O)c1ccc(C(=O)NC(N)=Nc2ccc3c(c2)CCO3)cn1. The van der Waals surface area contributed by atoms with E-state index >= 15 is 0 Å². The highest BCUT2D eigenvalue weighted by Crippen LogP contribution is 2.28. The Bertz CT molecular complexity index is 875. The second-order valence-corrected chi connectivity index (χ2v) is 5.97. The second kappa shape index (κ2) is 7.22. The average Bonchev–Trinajstić information content (AvgIpc) is 3.08. The predicted octanol–water partition coefficient (Wildman–Crippen LogP) is 1.09. The number of nitrogens with two attached hydrogens (primary N) is 1. The van der Waals surface area contributed by atoms with Gasteiger partial charge in [0.1, 0.15) is 11.4 Å². The number of aromatic nitrogens is 1. The molecule has 0 aliphatic carbocycles. The van der Waals surface area contributed by atoms with Gasteiger partial charge in [-0.2, -0.15) is 0 Å². The number of carbonyl (C=O) groups is 2. The lowest BCUT2D eigenvalue weighted by Gasteiger charge is -2.09. The molecule has 0 fully saturated rings. The Balaban J connectivity index is 1.68. The highest BCUT2D eigenvalue weighted by atomic mass is 16.5. The molecule has 0 saturated heterocycles. The van der Waals surface area contributed by atoms with E-state index in [9.17, 15) is 9.59 Å². The van der Waals surface area contributed by atoms with Crippen LogP contribution in [-0.4, -0.2) is 48.4 Å². The van der Waals surface area contributed by atoms with Crippen molar-refractivity contribution < 1.29 is 14.3 Å². The summed E-state index contributed by atoms with van der Waals surface area (Å²) in [5.74, 6) is 0.137. The minimum atomic E-state index is -0.452. The van der Waals surface area contributed by atoms with Crippen LogP contribution in [0.2, 0.25) is 0 Å². The summed E-state index contributed by atoms with van der Waals surface area (Å²) in [6.07, 6.45) is 2.15. The molecule has 0 atom stereocenters. The molecule has 2 aromatic rings. The first-order valence-electron chi connectivity index (χ1n) is 8.03. The van der Waals surface area contributed by atoms with Crippen molar-refractivity contribution in [1.29, 1.82) is 0 Å². The van der Waals surface area contributed by atoms with Gasteiger partial charge in [0.25, 0.3) is 11.8 Å². The van der Waals surface area contributed by atoms with Gasteiger partial charge in [0.2, 0.25) is 5.96 Å². The van der Waals surface area contributed by atoms with E-state index in [1.807, 2.05) is 12.1 Å². The van der Waals surface area contributed by atoms with Gasteiger partial charge in [-0.15, -0.1) is 0 Å². The fourth-order valence-corrected chi connectivity index (χ4v) is 2.48. The quantitative estimate of drug-likeness (QED) is 0.634. The highest BCUT2D eigenvalue weighted by molar-refractivity contribution is 6.06. The average molecular weight is 353 g/mol. The normalized spacial score (nSPS) is 12.9. The zero-order chi connectivity index (χ0) is 18.7. The van der Waals surface area contributed by atoms with Crippen molar-refractivity contribution in [1.82, 2.24) is 15.2 Å². The molecule has 26 heavy (non-hydrogen) atoms. The highest BCUT2D eigenvalue weighted by Gasteiger charge is 2.14. The maximum atomic E-state index is 12.2. The predicted molar refractivity (Wildman–Crippen MR) is 96.6 cm³/mol. The zero-order valence-electron chi connectivity index (χ0n) is 14.5. The topological polar surface area (TPSA) is 110 Å². The van der Waals surface area contributed by atoms with Crippen LogP contribution in [0.15, 0.2) is 41.5 Å². The van der Waals surface area contributed by atoms with Gasteiger partial charge in [0, 0.05) is 26.7 Å². The maximum absolute atomic E-state index is 12.2. The smallest absolute Gasteiger partial charge is 0.271 e. The van der Waals surface area contributed by atoms with E-state index in [2.05, 4.69) is 15.3 Å². The molecular weight excluding hydrogens is 334 g/mol. The van der Waals surface area contributed by atoms with Gasteiger partial charge in [-0.1, -0.05) is 0 Å². The molecule has 1 aromatic carbocycles. The molecule has 3 N–H and O–H groups in total. The van der Waals surface area contributed by atoms with E-state index in [0.29, 0.717) is 12.3 Å². The number of nitrogens with one attached hydrogen (secondary N) is 1. The van der Waals surface area contributed by atoms with Crippen molar-refractivity contribution in [3.05, 3.63) is 53.3 Å². The number of aliphatic imine (C=N–C) groups is 1. The lowest BCUT2D eigenvalue weighted by molar-refractivity contribution is 0.0821. The molecule has 0 spiro atoms. The van der Waals surface area contributed by atoms with Gasteiger partial charge in [-0.3, -0.25) is 19.9 Å². The fraction of sp³-hybridized carbons (Fsp3) is 0.222. The summed E-state index contributed by atoms with van der Waals surface area (Å²) < 4.78 is 5.44. The van der Waals surface area contributed by atoms with Gasteiger partial charge in [0.05, 0.1) is 17.9 Å². The number of hydrogen-bond donors (Lipinski definition) is 2. The lowest BCUT2D eigenvalue weighted by Crippen LogP contribution is -2.36. The van der Waals surface area contributed by atoms with Crippen molar-refractivity contribution >= 4 is 23.5 Å². The minimum absolute atomic E-state index is 0.0256. The number of pyridine rings is 1. The Morgan fingerprint density at radius 3 is 2.77 bits per heavy atom. The molecule has 3 rings (SSSR count). The van der Waals surface area contributed by atoms with Crippen LogP contribution in [0.25, 0.3) is 0 Å². The number of benzene rings is 1. The summed E-state index contributed by atoms with van der Waals surface area (Å²) in [4.78, 5) is 33.6. The number of nitrogens with zero attached hydrogens (tertiary/aromatic N) is 3. The van der Waals surface area contributed by atoms with Gasteiger partial charge in [-0.05, 0) is 35.9 Å². The molecule has 2 heterocycles. The first-order chi connectivity index (χ1) is 12.4. The monoisotopic (exact) mass is 353 g/mol. The van der Waals surface area contributed by atoms with Crippen LogP contribution in [0.1, 0.15) is 26.4 Å². The van der Waals surface area contributed by atoms with Gasteiger partial charge >= 0.3 is 0 Å². The molecule has 2 amide bonds. The van der Waals surface area contributed by atoms with Crippen LogP contribution < -0.4 is 15.8 Å². The summed E-state index contributed by atoms with van der Waals surface area (Å²) in [6, 6.07) is 8.49. The van der Waals surface area contributed by atoms with E-state index in [-0.39, 0.29) is 23.1 Å². The standard InChI is InChI=1S/C18H19N5O3/c1-23(2)17(25)14-5-3-12(10-20-14)16(24)22-18(19)21-13-4-6-15-11(9-13)7-8-26-15/h3-6,9-10H,7-8H2,1-2H3,(H3,19,21,22,24). The van der Waals surface area contributed by atoms with E-state index in [4.69, 9.17) is 10.5 Å². The molecule has 8 heteroatoms. The number of ether oxygens (including phenoxy) is 1. The van der Waals surface area contributed by atoms with E-state index in [1.54, 1.807) is 20.2 Å². The van der Waals surface area contributed by atoms with Crippen LogP contribution in [0.4, 0.5) is 5.69 Å². The molecule has 1 aromatic heterocycles. The Morgan fingerprint density at radius 2 is 2.08 bits per heavy atom.